The molecule has 1 unspecified atom stereocenters. The predicted octanol–water partition coefficient (Wildman–Crippen LogP) is -0.692. The van der Waals surface area contributed by atoms with Crippen LogP contribution in [-0.4, -0.2) is 36.5 Å². The Bertz CT molecular complexity index is 125. The number of hydrogen-bond donors (Lipinski definition) is 1. The Labute approximate surface area is 58.7 Å². The van der Waals surface area contributed by atoms with Gasteiger partial charge >= 0.3 is 0 Å². The fourth-order valence-electron chi connectivity index (χ4n) is 0.803. The Morgan fingerprint density at radius 1 is 1.70 bits per heavy atom. The van der Waals surface area contributed by atoms with Gasteiger partial charge in [0.2, 0.25) is 0 Å². The number of rotatable bonds is 1. The highest BCUT2D eigenvalue weighted by Gasteiger charge is 2.27. The van der Waals surface area contributed by atoms with Gasteiger partial charge in [0.1, 0.15) is 12.2 Å². The van der Waals surface area contributed by atoms with Crippen LogP contribution in [0.3, 0.4) is 0 Å². The molecule has 0 bridgehead atoms. The van der Waals surface area contributed by atoms with Gasteiger partial charge in [-0.3, -0.25) is 0 Å². The molecule has 1 heterocycles. The van der Waals surface area contributed by atoms with Gasteiger partial charge in [-0.1, -0.05) is 0 Å². The minimum atomic E-state index is -0.811. The monoisotopic (exact) mass is 146 g/mol. The highest BCUT2D eigenvalue weighted by atomic mass is 16.7. The first-order valence-corrected chi connectivity index (χ1v) is 3.14. The van der Waals surface area contributed by atoms with Gasteiger partial charge in [0.05, 0.1) is 6.61 Å². The molecule has 1 saturated heterocycles. The lowest BCUT2D eigenvalue weighted by Gasteiger charge is -2.28. The Hall–Kier alpha value is -0.450. The van der Waals surface area contributed by atoms with Crippen molar-refractivity contribution in [3.63, 3.8) is 0 Å². The molecule has 4 nitrogen and oxygen atoms in total. The quantitative estimate of drug-likeness (QED) is 0.497. The van der Waals surface area contributed by atoms with E-state index in [1.807, 2.05) is 0 Å². The average Bonchev–Trinajstić information content (AvgIpc) is 1.94. The van der Waals surface area contributed by atoms with Gasteiger partial charge in [-0.2, -0.15) is 0 Å². The summed E-state index contributed by atoms with van der Waals surface area (Å²) in [5.41, 5.74) is 0. The summed E-state index contributed by atoms with van der Waals surface area (Å²) in [5, 5.41) is 9.01. The van der Waals surface area contributed by atoms with Crippen molar-refractivity contribution in [1.82, 2.24) is 0 Å². The van der Waals surface area contributed by atoms with E-state index in [4.69, 9.17) is 14.6 Å². The summed E-state index contributed by atoms with van der Waals surface area (Å²) in [6.07, 6.45) is -1.33. The van der Waals surface area contributed by atoms with Crippen LogP contribution in [0, 0.1) is 0 Å². The summed E-state index contributed by atoms with van der Waals surface area (Å²) in [6.45, 7) is 1.85. The van der Waals surface area contributed by atoms with Crippen molar-refractivity contribution in [2.75, 3.05) is 6.61 Å². The fourth-order valence-corrected chi connectivity index (χ4v) is 0.803. The van der Waals surface area contributed by atoms with Crippen LogP contribution in [0.4, 0.5) is 0 Å². The Morgan fingerprint density at radius 2 is 2.40 bits per heavy atom. The third-order valence-corrected chi connectivity index (χ3v) is 1.36. The van der Waals surface area contributed by atoms with Crippen molar-refractivity contribution in [3.05, 3.63) is 0 Å². The molecule has 1 rings (SSSR count). The minimum Gasteiger partial charge on any atom is -0.388 e. The first-order chi connectivity index (χ1) is 4.74. The first kappa shape index (κ1) is 7.65. The summed E-state index contributed by atoms with van der Waals surface area (Å²) < 4.78 is 9.80. The predicted molar refractivity (Wildman–Crippen MR) is 32.4 cm³/mol. The number of ether oxygens (including phenoxy) is 2. The zero-order valence-electron chi connectivity index (χ0n) is 5.69. The summed E-state index contributed by atoms with van der Waals surface area (Å²) >= 11 is 0. The molecule has 4 heteroatoms. The Kier molecular flexibility index (Phi) is 2.37. The van der Waals surface area contributed by atoms with E-state index >= 15 is 0 Å². The molecular formula is C6H10O4. The van der Waals surface area contributed by atoms with Gasteiger partial charge in [0, 0.05) is 0 Å². The normalized spacial score (nSPS) is 41.2. The summed E-state index contributed by atoms with van der Waals surface area (Å²) in [6, 6.07) is 0. The van der Waals surface area contributed by atoms with E-state index < -0.39 is 18.5 Å². The van der Waals surface area contributed by atoms with Crippen LogP contribution in [0.5, 0.6) is 0 Å². The molecule has 58 valence electrons. The van der Waals surface area contributed by atoms with Crippen LogP contribution in [0.25, 0.3) is 0 Å². The number of aliphatic hydroxyl groups is 1. The molecule has 0 saturated carbocycles. The van der Waals surface area contributed by atoms with Crippen molar-refractivity contribution in [2.24, 2.45) is 0 Å². The van der Waals surface area contributed by atoms with E-state index in [-0.39, 0.29) is 6.61 Å². The molecule has 0 aromatic heterocycles. The van der Waals surface area contributed by atoms with Crippen molar-refractivity contribution in [2.45, 2.75) is 25.4 Å². The van der Waals surface area contributed by atoms with E-state index in [1.165, 1.54) is 0 Å². The van der Waals surface area contributed by atoms with Crippen molar-refractivity contribution >= 4 is 6.29 Å². The van der Waals surface area contributed by atoms with E-state index in [0.29, 0.717) is 6.29 Å². The maximum atomic E-state index is 10.2. The Balaban J connectivity index is 2.45. The topological polar surface area (TPSA) is 55.8 Å². The van der Waals surface area contributed by atoms with Gasteiger partial charge in [-0.05, 0) is 6.92 Å². The molecular weight excluding hydrogens is 136 g/mol. The minimum absolute atomic E-state index is 0.171. The van der Waals surface area contributed by atoms with Crippen LogP contribution in [0.2, 0.25) is 0 Å². The van der Waals surface area contributed by atoms with Gasteiger partial charge < -0.3 is 19.4 Å². The molecule has 0 aliphatic carbocycles. The molecule has 0 spiro atoms. The van der Waals surface area contributed by atoms with E-state index in [9.17, 15) is 4.79 Å². The van der Waals surface area contributed by atoms with Crippen molar-refractivity contribution in [3.8, 4) is 0 Å². The molecule has 1 aliphatic rings. The number of aliphatic hydroxyl groups excluding tert-OH is 1. The van der Waals surface area contributed by atoms with E-state index in [0.717, 1.165) is 0 Å². The SMILES string of the molecule is C[C@H]1OC[C@@H](O)C(C=O)O1. The first-order valence-electron chi connectivity index (χ1n) is 3.14. The maximum Gasteiger partial charge on any atom is 0.156 e. The largest absolute Gasteiger partial charge is 0.388 e. The smallest absolute Gasteiger partial charge is 0.156 e. The molecule has 1 aliphatic heterocycles. The highest BCUT2D eigenvalue weighted by Crippen LogP contribution is 2.10. The molecule has 0 amide bonds. The van der Waals surface area contributed by atoms with Crippen molar-refractivity contribution in [1.29, 1.82) is 0 Å². The second-order valence-corrected chi connectivity index (χ2v) is 2.21. The van der Waals surface area contributed by atoms with Crippen LogP contribution >= 0.6 is 0 Å². The van der Waals surface area contributed by atoms with Crippen LogP contribution in [0.15, 0.2) is 0 Å². The molecule has 10 heavy (non-hydrogen) atoms. The van der Waals surface area contributed by atoms with Gasteiger partial charge in [0.15, 0.2) is 12.6 Å². The van der Waals surface area contributed by atoms with Crippen LogP contribution in [0.1, 0.15) is 6.92 Å². The lowest BCUT2D eigenvalue weighted by molar-refractivity contribution is -0.234. The van der Waals surface area contributed by atoms with Gasteiger partial charge in [-0.15, -0.1) is 0 Å². The summed E-state index contributed by atoms with van der Waals surface area (Å²) in [5.74, 6) is 0. The Morgan fingerprint density at radius 3 is 2.90 bits per heavy atom. The molecule has 0 radical (unpaired) electrons. The molecule has 1 N–H and O–H groups in total. The number of aldehydes is 1. The van der Waals surface area contributed by atoms with Crippen LogP contribution in [-0.2, 0) is 14.3 Å². The van der Waals surface area contributed by atoms with Crippen LogP contribution < -0.4 is 0 Å². The second-order valence-electron chi connectivity index (χ2n) is 2.21. The molecule has 3 atom stereocenters. The molecule has 0 aromatic carbocycles. The van der Waals surface area contributed by atoms with Gasteiger partial charge in [0.25, 0.3) is 0 Å². The lowest BCUT2D eigenvalue weighted by atomic mass is 10.2. The van der Waals surface area contributed by atoms with E-state index in [2.05, 4.69) is 0 Å². The summed E-state index contributed by atoms with van der Waals surface area (Å²) in [4.78, 5) is 10.2. The maximum absolute atomic E-state index is 10.2. The third kappa shape index (κ3) is 1.53. The van der Waals surface area contributed by atoms with Crippen molar-refractivity contribution < 1.29 is 19.4 Å². The second kappa shape index (κ2) is 3.09. The zero-order valence-corrected chi connectivity index (χ0v) is 5.69. The zero-order chi connectivity index (χ0) is 7.56. The molecule has 1 fully saturated rings. The standard InChI is InChI=1S/C6H10O4/c1-4-9-3-5(8)6(2-7)10-4/h2,4-6,8H,3H2,1H3/t4-,5+,6?/m0/s1. The number of carbonyl (C=O) groups excluding carboxylic acids is 1. The number of carbonyl (C=O) groups is 1. The number of hydrogen-bond acceptors (Lipinski definition) is 4. The van der Waals surface area contributed by atoms with Gasteiger partial charge in [-0.25, -0.2) is 0 Å². The lowest BCUT2D eigenvalue weighted by Crippen LogP contribution is -2.43. The third-order valence-electron chi connectivity index (χ3n) is 1.36. The average molecular weight is 146 g/mol. The van der Waals surface area contributed by atoms with E-state index in [1.54, 1.807) is 6.92 Å². The fraction of sp³-hybridized carbons (Fsp3) is 0.833. The summed E-state index contributed by atoms with van der Waals surface area (Å²) in [7, 11) is 0. The highest BCUT2D eigenvalue weighted by molar-refractivity contribution is 5.57. The molecule has 0 aromatic rings.